The Labute approximate surface area is 277 Å². The molecule has 0 heterocycles. The molecule has 4 aromatic rings. The summed E-state index contributed by atoms with van der Waals surface area (Å²) in [5.74, 6) is -1.69. The minimum absolute atomic E-state index is 0.00163. The Morgan fingerprint density at radius 3 is 2.15 bits per heavy atom. The fourth-order valence-corrected chi connectivity index (χ4v) is 7.50. The van der Waals surface area contributed by atoms with Crippen LogP contribution in [0.3, 0.4) is 0 Å². The average Bonchev–Trinajstić information content (AvgIpc) is 3.07. The van der Waals surface area contributed by atoms with Gasteiger partial charge in [-0.3, -0.25) is 13.9 Å². The minimum atomic E-state index is -4.39. The molecule has 1 aliphatic carbocycles. The molecule has 0 unspecified atom stereocenters. The van der Waals surface area contributed by atoms with E-state index in [0.29, 0.717) is 0 Å². The first kappa shape index (κ1) is 33.9. The van der Waals surface area contributed by atoms with E-state index in [1.807, 2.05) is 68.4 Å². The number of amides is 2. The second-order valence-corrected chi connectivity index (χ2v) is 14.1. The topological polar surface area (TPSA) is 86.8 Å². The van der Waals surface area contributed by atoms with Crippen molar-refractivity contribution in [2.45, 2.75) is 75.9 Å². The van der Waals surface area contributed by atoms with Crippen LogP contribution in [0, 0.1) is 19.7 Å². The lowest BCUT2D eigenvalue weighted by molar-refractivity contribution is -0.140. The standard InChI is InChI=1S/C38H42FN3O4S/c1-28-21-23-33(24-22-28)47(45,46)42(35-20-12-11-19-34(35)39)27-37(43)41(26-31-16-10-9-13-29(31)2)36(25-30-14-5-3-6-15-30)38(44)40-32-17-7-4-8-18-32/h3,5-6,9-16,19-24,32,36H,4,7-8,17-18,25-27H2,1-2H3,(H,40,44)/t36-/m0/s1. The largest absolute Gasteiger partial charge is 0.352 e. The van der Waals surface area contributed by atoms with Gasteiger partial charge < -0.3 is 10.2 Å². The van der Waals surface area contributed by atoms with Crippen LogP contribution in [0.15, 0.2) is 108 Å². The smallest absolute Gasteiger partial charge is 0.264 e. The zero-order valence-electron chi connectivity index (χ0n) is 26.9. The van der Waals surface area contributed by atoms with Crippen LogP contribution in [0.25, 0.3) is 0 Å². The normalized spacial score (nSPS) is 14.3. The maximum absolute atomic E-state index is 15.3. The van der Waals surface area contributed by atoms with E-state index in [1.54, 1.807) is 12.1 Å². The number of nitrogens with zero attached hydrogens (tertiary/aromatic N) is 2. The highest BCUT2D eigenvalue weighted by atomic mass is 32.2. The number of hydrogen-bond donors (Lipinski definition) is 1. The Balaban J connectivity index is 1.58. The van der Waals surface area contributed by atoms with Crippen molar-refractivity contribution in [3.63, 3.8) is 0 Å². The van der Waals surface area contributed by atoms with Crippen LogP contribution >= 0.6 is 0 Å². The van der Waals surface area contributed by atoms with Gasteiger partial charge in [-0.25, -0.2) is 12.8 Å². The molecule has 1 fully saturated rings. The fraction of sp³-hybridized carbons (Fsp3) is 0.316. The van der Waals surface area contributed by atoms with Gasteiger partial charge in [0.05, 0.1) is 10.6 Å². The van der Waals surface area contributed by atoms with Gasteiger partial charge in [0.15, 0.2) is 0 Å². The third kappa shape index (κ3) is 8.46. The highest BCUT2D eigenvalue weighted by Gasteiger charge is 2.36. The summed E-state index contributed by atoms with van der Waals surface area (Å²) in [5, 5.41) is 3.21. The Morgan fingerprint density at radius 1 is 0.830 bits per heavy atom. The number of rotatable bonds is 12. The van der Waals surface area contributed by atoms with E-state index in [9.17, 15) is 18.0 Å². The van der Waals surface area contributed by atoms with Crippen molar-refractivity contribution in [3.8, 4) is 0 Å². The Morgan fingerprint density at radius 2 is 1.47 bits per heavy atom. The Bertz CT molecular complexity index is 1770. The molecule has 0 saturated heterocycles. The zero-order valence-corrected chi connectivity index (χ0v) is 27.8. The number of carbonyl (C=O) groups excluding carboxylic acids is 2. The molecule has 246 valence electrons. The molecule has 2 amide bonds. The van der Waals surface area contributed by atoms with Gasteiger partial charge in [-0.1, -0.05) is 104 Å². The van der Waals surface area contributed by atoms with E-state index >= 15 is 4.39 Å². The molecular weight excluding hydrogens is 614 g/mol. The maximum Gasteiger partial charge on any atom is 0.264 e. The average molecular weight is 656 g/mol. The van der Waals surface area contributed by atoms with Crippen molar-refractivity contribution in [3.05, 3.63) is 131 Å². The molecule has 7 nitrogen and oxygen atoms in total. The number of carbonyl (C=O) groups is 2. The number of benzene rings is 4. The van der Waals surface area contributed by atoms with Gasteiger partial charge in [0, 0.05) is 19.0 Å². The first-order valence-corrected chi connectivity index (χ1v) is 17.6. The molecule has 0 bridgehead atoms. The molecule has 4 aromatic carbocycles. The van der Waals surface area contributed by atoms with Crippen molar-refractivity contribution in [1.29, 1.82) is 0 Å². The van der Waals surface area contributed by atoms with E-state index in [4.69, 9.17) is 0 Å². The first-order valence-electron chi connectivity index (χ1n) is 16.2. The molecule has 1 aliphatic rings. The monoisotopic (exact) mass is 655 g/mol. The predicted molar refractivity (Wildman–Crippen MR) is 183 cm³/mol. The molecule has 1 saturated carbocycles. The van der Waals surface area contributed by atoms with Crippen LogP contribution < -0.4 is 9.62 Å². The van der Waals surface area contributed by atoms with Crippen LogP contribution in [0.4, 0.5) is 10.1 Å². The summed E-state index contributed by atoms with van der Waals surface area (Å²) in [6.45, 7) is 3.13. The van der Waals surface area contributed by atoms with Crippen LogP contribution in [0.2, 0.25) is 0 Å². The number of nitrogens with one attached hydrogen (secondary N) is 1. The maximum atomic E-state index is 15.3. The van der Waals surface area contributed by atoms with E-state index in [1.165, 1.54) is 41.3 Å². The van der Waals surface area contributed by atoms with E-state index < -0.39 is 34.3 Å². The van der Waals surface area contributed by atoms with E-state index in [2.05, 4.69) is 5.32 Å². The van der Waals surface area contributed by atoms with Gasteiger partial charge in [0.2, 0.25) is 11.8 Å². The molecule has 0 radical (unpaired) electrons. The number of hydrogen-bond acceptors (Lipinski definition) is 4. The highest BCUT2D eigenvalue weighted by Crippen LogP contribution is 2.28. The fourth-order valence-electron chi connectivity index (χ4n) is 6.07. The summed E-state index contributed by atoms with van der Waals surface area (Å²) < 4.78 is 44.4. The summed E-state index contributed by atoms with van der Waals surface area (Å²) in [7, 11) is -4.39. The minimum Gasteiger partial charge on any atom is -0.352 e. The lowest BCUT2D eigenvalue weighted by Gasteiger charge is -2.35. The molecule has 1 N–H and O–H groups in total. The third-order valence-electron chi connectivity index (χ3n) is 8.83. The summed E-state index contributed by atoms with van der Waals surface area (Å²) in [4.78, 5) is 30.2. The zero-order chi connectivity index (χ0) is 33.4. The summed E-state index contributed by atoms with van der Waals surface area (Å²) in [6.07, 6.45) is 5.13. The molecule has 0 aromatic heterocycles. The molecule has 47 heavy (non-hydrogen) atoms. The highest BCUT2D eigenvalue weighted by molar-refractivity contribution is 7.92. The Kier molecular flexibility index (Phi) is 11.1. The molecule has 9 heteroatoms. The molecule has 0 spiro atoms. The predicted octanol–water partition coefficient (Wildman–Crippen LogP) is 6.73. The molecule has 0 aliphatic heterocycles. The van der Waals surface area contributed by atoms with Crippen LogP contribution in [-0.2, 0) is 32.6 Å². The second kappa shape index (κ2) is 15.4. The van der Waals surface area contributed by atoms with Crippen molar-refractivity contribution in [2.75, 3.05) is 10.8 Å². The molecule has 5 rings (SSSR count). The number of anilines is 1. The van der Waals surface area contributed by atoms with Gasteiger partial charge in [0.25, 0.3) is 10.0 Å². The van der Waals surface area contributed by atoms with E-state index in [-0.39, 0.29) is 35.5 Å². The van der Waals surface area contributed by atoms with Crippen molar-refractivity contribution in [1.82, 2.24) is 10.2 Å². The van der Waals surface area contributed by atoms with Gasteiger partial charge in [0.1, 0.15) is 18.4 Å². The van der Waals surface area contributed by atoms with Crippen LogP contribution in [0.5, 0.6) is 0 Å². The quantitative estimate of drug-likeness (QED) is 0.184. The number of sulfonamides is 1. The number of aryl methyl sites for hydroxylation is 2. The number of para-hydroxylation sites is 1. The molecule has 1 atom stereocenters. The third-order valence-corrected chi connectivity index (χ3v) is 10.6. The van der Waals surface area contributed by atoms with Crippen molar-refractivity contribution < 1.29 is 22.4 Å². The molecular formula is C38H42FN3O4S. The summed E-state index contributed by atoms with van der Waals surface area (Å²) >= 11 is 0. The van der Waals surface area contributed by atoms with Gasteiger partial charge in [-0.2, -0.15) is 0 Å². The lowest BCUT2D eigenvalue weighted by atomic mass is 9.94. The van der Waals surface area contributed by atoms with Crippen molar-refractivity contribution >= 4 is 27.5 Å². The van der Waals surface area contributed by atoms with Crippen molar-refractivity contribution in [2.24, 2.45) is 0 Å². The van der Waals surface area contributed by atoms with Gasteiger partial charge in [-0.05, 0) is 67.6 Å². The van der Waals surface area contributed by atoms with E-state index in [0.717, 1.165) is 58.7 Å². The van der Waals surface area contributed by atoms with Crippen LogP contribution in [0.1, 0.15) is 54.4 Å². The van der Waals surface area contributed by atoms with Gasteiger partial charge in [-0.15, -0.1) is 0 Å². The lowest BCUT2D eigenvalue weighted by Crippen LogP contribution is -2.55. The summed E-state index contributed by atoms with van der Waals surface area (Å²) in [5.41, 5.74) is 3.22. The number of halogens is 1. The first-order chi connectivity index (χ1) is 22.6. The van der Waals surface area contributed by atoms with Gasteiger partial charge >= 0.3 is 0 Å². The second-order valence-electron chi connectivity index (χ2n) is 12.3. The Hall–Kier alpha value is -4.50. The SMILES string of the molecule is Cc1ccc(S(=O)(=O)N(CC(=O)N(Cc2ccccc2C)[C@@H](Cc2ccccc2)C(=O)NC2CCCCC2)c2ccccc2F)cc1. The summed E-state index contributed by atoms with van der Waals surface area (Å²) in [6, 6.07) is 27.8. The van der Waals surface area contributed by atoms with Crippen LogP contribution in [-0.4, -0.2) is 43.8 Å².